The molecule has 0 saturated carbocycles. The van der Waals surface area contributed by atoms with Crippen molar-refractivity contribution in [3.8, 4) is 0 Å². The van der Waals surface area contributed by atoms with Gasteiger partial charge in [-0.2, -0.15) is 0 Å². The maximum Gasteiger partial charge on any atom is 0.500 e. The van der Waals surface area contributed by atoms with Crippen LogP contribution in [0, 0.1) is 0 Å². The Labute approximate surface area is 158 Å². The number of urea groups is 1. The summed E-state index contributed by atoms with van der Waals surface area (Å²) in [6.07, 6.45) is 2.66. The molecule has 0 bridgehead atoms. The number of unbranched alkanes of at least 4 members (excludes halogenated alkanes) is 1. The van der Waals surface area contributed by atoms with E-state index in [0.29, 0.717) is 25.6 Å². The highest BCUT2D eigenvalue weighted by Gasteiger charge is 2.37. The lowest BCUT2D eigenvalue weighted by atomic mass is 10.3. The van der Waals surface area contributed by atoms with Crippen LogP contribution in [0.15, 0.2) is 0 Å². The second-order valence-electron chi connectivity index (χ2n) is 5.67. The Balaban J connectivity index is 4.81. The third-order valence-electron chi connectivity index (χ3n) is 4.14. The number of nitrogens with zero attached hydrogens (tertiary/aromatic N) is 1. The highest BCUT2D eigenvalue weighted by atomic mass is 31.2. The summed E-state index contributed by atoms with van der Waals surface area (Å²) in [5.41, 5.74) is 0. The minimum absolute atomic E-state index is 0.128. The zero-order valence-electron chi connectivity index (χ0n) is 16.9. The molecule has 0 unspecified atom stereocenters. The van der Waals surface area contributed by atoms with Gasteiger partial charge in [-0.05, 0) is 12.8 Å². The summed E-state index contributed by atoms with van der Waals surface area (Å²) in [6, 6.07) is 0.373. The van der Waals surface area contributed by atoms with Crippen LogP contribution >= 0.6 is 7.60 Å². The average molecular weight is 415 g/mol. The molecule has 0 fully saturated rings. The van der Waals surface area contributed by atoms with E-state index in [1.807, 2.05) is 0 Å². The third kappa shape index (κ3) is 8.94. The summed E-state index contributed by atoms with van der Waals surface area (Å²) in [4.78, 5) is 14.0. The molecule has 0 aliphatic rings. The van der Waals surface area contributed by atoms with Gasteiger partial charge < -0.3 is 32.5 Å². The summed E-state index contributed by atoms with van der Waals surface area (Å²) in [5.74, 6) is 0. The molecule has 0 aliphatic carbocycles. The predicted octanol–water partition coefficient (Wildman–Crippen LogP) is 2.55. The van der Waals surface area contributed by atoms with Crippen molar-refractivity contribution in [2.45, 2.75) is 32.2 Å². The Morgan fingerprint density at radius 1 is 1.00 bits per heavy atom. The molecule has 11 heteroatoms. The number of rotatable bonds is 15. The van der Waals surface area contributed by atoms with E-state index in [1.165, 1.54) is 14.2 Å². The Morgan fingerprint density at radius 2 is 1.58 bits per heavy atom. The second kappa shape index (κ2) is 13.7. The van der Waals surface area contributed by atoms with Crippen molar-refractivity contribution in [2.75, 3.05) is 61.3 Å². The van der Waals surface area contributed by atoms with Gasteiger partial charge in [-0.15, -0.1) is 0 Å². The van der Waals surface area contributed by atoms with Crippen molar-refractivity contribution in [1.82, 2.24) is 10.2 Å². The van der Waals surface area contributed by atoms with Gasteiger partial charge in [0, 0.05) is 61.2 Å². The van der Waals surface area contributed by atoms with Crippen LogP contribution in [0.3, 0.4) is 0 Å². The molecular weight excluding hydrogens is 379 g/mol. The molecule has 0 radical (unpaired) electrons. The van der Waals surface area contributed by atoms with Gasteiger partial charge in [0.1, 0.15) is 0 Å². The molecule has 2 amide bonds. The van der Waals surface area contributed by atoms with E-state index in [-0.39, 0.29) is 18.7 Å². The number of hydrogen-bond acceptors (Lipinski definition) is 7. The fraction of sp³-hybridized carbons (Fsp3) is 0.933. The lowest BCUT2D eigenvalue weighted by Crippen LogP contribution is -2.45. The molecule has 0 saturated heterocycles. The van der Waals surface area contributed by atoms with Crippen LogP contribution in [0.5, 0.6) is 0 Å². The second-order valence-corrected chi connectivity index (χ2v) is 11.2. The minimum atomic E-state index is -3.18. The molecule has 0 aliphatic heterocycles. The topological polar surface area (TPSA) is 95.6 Å². The van der Waals surface area contributed by atoms with Crippen LogP contribution in [0.25, 0.3) is 0 Å². The molecular formula is C15H35N2O7PSi. The summed E-state index contributed by atoms with van der Waals surface area (Å²) >= 11 is 0. The predicted molar refractivity (Wildman–Crippen MR) is 103 cm³/mol. The fourth-order valence-electron chi connectivity index (χ4n) is 2.34. The average Bonchev–Trinajstić information content (AvgIpc) is 2.67. The normalized spacial score (nSPS) is 12.2. The first-order chi connectivity index (χ1) is 12.4. The van der Waals surface area contributed by atoms with E-state index < -0.39 is 16.4 Å². The number of hydrogen-bond donors (Lipinski definition) is 1. The van der Waals surface area contributed by atoms with Crippen molar-refractivity contribution in [3.63, 3.8) is 0 Å². The Morgan fingerprint density at radius 3 is 2.04 bits per heavy atom. The van der Waals surface area contributed by atoms with Crippen molar-refractivity contribution in [3.05, 3.63) is 0 Å². The zero-order valence-corrected chi connectivity index (χ0v) is 18.8. The van der Waals surface area contributed by atoms with Gasteiger partial charge in [0.2, 0.25) is 0 Å². The number of amides is 2. The molecule has 0 heterocycles. The van der Waals surface area contributed by atoms with Crippen LogP contribution in [0.2, 0.25) is 6.04 Å². The quantitative estimate of drug-likeness (QED) is 0.250. The molecule has 0 aromatic heterocycles. The van der Waals surface area contributed by atoms with Gasteiger partial charge in [-0.25, -0.2) is 4.79 Å². The molecule has 0 aromatic carbocycles. The monoisotopic (exact) mass is 414 g/mol. The molecule has 156 valence electrons. The van der Waals surface area contributed by atoms with E-state index in [9.17, 15) is 9.36 Å². The van der Waals surface area contributed by atoms with Gasteiger partial charge in [0.25, 0.3) is 0 Å². The van der Waals surface area contributed by atoms with E-state index in [1.54, 1.807) is 26.2 Å². The highest BCUT2D eigenvalue weighted by molar-refractivity contribution is 7.53. The van der Waals surface area contributed by atoms with Gasteiger partial charge in [-0.1, -0.05) is 13.3 Å². The van der Waals surface area contributed by atoms with E-state index in [2.05, 4.69) is 12.2 Å². The van der Waals surface area contributed by atoms with Crippen molar-refractivity contribution < 1.29 is 31.7 Å². The molecule has 0 rings (SSSR count). The summed E-state index contributed by atoms with van der Waals surface area (Å²) in [5, 5.41) is 2.88. The first-order valence-electron chi connectivity index (χ1n) is 8.74. The lowest BCUT2D eigenvalue weighted by molar-refractivity contribution is 0.121. The number of carbonyl (C=O) groups excluding carboxylic acids is 1. The Bertz CT molecular complexity index is 422. The largest absolute Gasteiger partial charge is 0.500 e. The van der Waals surface area contributed by atoms with Crippen LogP contribution in [-0.4, -0.2) is 81.1 Å². The van der Waals surface area contributed by atoms with Crippen LogP contribution in [-0.2, 0) is 26.9 Å². The third-order valence-corrected chi connectivity index (χ3v) is 8.83. The first kappa shape index (κ1) is 25.5. The molecule has 0 spiro atoms. The SMILES string of the molecule is CCCCNC(=O)N(CCC[Si](OC)(OC)OC)CCP(=O)(OC)OC. The van der Waals surface area contributed by atoms with Crippen molar-refractivity contribution >= 4 is 22.4 Å². The number of carbonyl (C=O) groups is 1. The summed E-state index contributed by atoms with van der Waals surface area (Å²) in [6.45, 7) is 3.38. The van der Waals surface area contributed by atoms with Gasteiger partial charge in [0.15, 0.2) is 0 Å². The standard InChI is InChI=1S/C15H35N2O7PSi/c1-7-8-10-16-15(18)17(12-13-25(19,20-2)21-3)11-9-14-26(22-4,23-5)24-6/h7-14H2,1-6H3,(H,16,18). The molecule has 1 N–H and O–H groups in total. The zero-order chi connectivity index (χ0) is 20.1. The smallest absolute Gasteiger partial charge is 0.377 e. The van der Waals surface area contributed by atoms with Gasteiger partial charge >= 0.3 is 22.4 Å². The summed E-state index contributed by atoms with van der Waals surface area (Å²) < 4.78 is 38.3. The van der Waals surface area contributed by atoms with Gasteiger partial charge in [-0.3, -0.25) is 4.57 Å². The molecule has 0 aromatic rings. The van der Waals surface area contributed by atoms with Crippen LogP contribution in [0.4, 0.5) is 4.79 Å². The lowest BCUT2D eigenvalue weighted by Gasteiger charge is -2.27. The molecule has 9 nitrogen and oxygen atoms in total. The van der Waals surface area contributed by atoms with E-state index in [0.717, 1.165) is 12.8 Å². The highest BCUT2D eigenvalue weighted by Crippen LogP contribution is 2.45. The van der Waals surface area contributed by atoms with Crippen molar-refractivity contribution in [2.24, 2.45) is 0 Å². The fourth-order valence-corrected chi connectivity index (χ4v) is 5.05. The minimum Gasteiger partial charge on any atom is -0.377 e. The maximum absolute atomic E-state index is 12.4. The van der Waals surface area contributed by atoms with Crippen LogP contribution < -0.4 is 5.32 Å². The Hall–Kier alpha value is -0.483. The van der Waals surface area contributed by atoms with Gasteiger partial charge in [0.05, 0.1) is 6.16 Å². The first-order valence-corrected chi connectivity index (χ1v) is 12.4. The van der Waals surface area contributed by atoms with E-state index in [4.69, 9.17) is 22.3 Å². The molecule has 26 heavy (non-hydrogen) atoms. The summed E-state index contributed by atoms with van der Waals surface area (Å²) in [7, 11) is 1.49. The number of nitrogens with one attached hydrogen (secondary N) is 1. The maximum atomic E-state index is 12.4. The van der Waals surface area contributed by atoms with Crippen LogP contribution in [0.1, 0.15) is 26.2 Å². The van der Waals surface area contributed by atoms with E-state index >= 15 is 0 Å². The van der Waals surface area contributed by atoms with Crippen molar-refractivity contribution in [1.29, 1.82) is 0 Å². The molecule has 0 atom stereocenters. The Kier molecular flexibility index (Phi) is 13.4.